The Morgan fingerprint density at radius 1 is 1.31 bits per heavy atom. The van der Waals surface area contributed by atoms with Crippen LogP contribution in [0.1, 0.15) is 12.8 Å². The summed E-state index contributed by atoms with van der Waals surface area (Å²) in [5.41, 5.74) is 12.5. The number of halogens is 1. The summed E-state index contributed by atoms with van der Waals surface area (Å²) < 4.78 is 5.58. The first kappa shape index (κ1) is 17.8. The Hall–Kier alpha value is -1.61. The lowest BCUT2D eigenvalue weighted by atomic mass is 9.75. The maximum absolute atomic E-state index is 6.25. The van der Waals surface area contributed by atoms with E-state index in [-0.39, 0.29) is 11.5 Å². The minimum absolute atomic E-state index is 0.113. The quantitative estimate of drug-likeness (QED) is 0.766. The fraction of sp³-hybridized carbons (Fsp3) is 0.471. The van der Waals surface area contributed by atoms with Gasteiger partial charge in [-0.1, -0.05) is 23.4 Å². The maximum atomic E-state index is 6.25. The van der Waals surface area contributed by atoms with Crippen molar-refractivity contribution >= 4 is 35.0 Å². The average Bonchev–Trinajstić information content (AvgIpc) is 2.99. The lowest BCUT2D eigenvalue weighted by Crippen LogP contribution is -2.49. The number of anilines is 2. The van der Waals surface area contributed by atoms with Crippen molar-refractivity contribution in [2.45, 2.75) is 28.8 Å². The molecule has 2 saturated heterocycles. The van der Waals surface area contributed by atoms with Crippen molar-refractivity contribution in [2.24, 2.45) is 11.1 Å². The Morgan fingerprint density at radius 2 is 2.12 bits per heavy atom. The minimum Gasteiger partial charge on any atom is -0.381 e. The number of nitrogens with two attached hydrogens (primary N) is 2. The Kier molecular flexibility index (Phi) is 4.92. The lowest BCUT2D eigenvalue weighted by Gasteiger charge is -2.41. The van der Waals surface area contributed by atoms with Gasteiger partial charge in [-0.3, -0.25) is 0 Å². The number of nitrogens with zero attached hydrogens (tertiary/aromatic N) is 4. The molecule has 0 aromatic carbocycles. The fourth-order valence-electron chi connectivity index (χ4n) is 3.53. The Labute approximate surface area is 161 Å². The van der Waals surface area contributed by atoms with E-state index in [2.05, 4.69) is 19.9 Å². The highest BCUT2D eigenvalue weighted by Gasteiger charge is 2.44. The molecule has 2 aliphatic heterocycles. The number of ether oxygens (including phenoxy) is 1. The van der Waals surface area contributed by atoms with E-state index in [0.717, 1.165) is 43.3 Å². The molecule has 7 nitrogen and oxygen atoms in total. The second-order valence-corrected chi connectivity index (χ2v) is 8.17. The van der Waals surface area contributed by atoms with Crippen LogP contribution in [0, 0.1) is 5.41 Å². The Bertz CT molecular complexity index is 799. The third-order valence-corrected chi connectivity index (χ3v) is 6.71. The van der Waals surface area contributed by atoms with Crippen LogP contribution in [0.4, 0.5) is 11.6 Å². The first-order chi connectivity index (χ1) is 12.6. The van der Waals surface area contributed by atoms with Crippen LogP contribution < -0.4 is 16.4 Å². The molecule has 0 radical (unpaired) electrons. The van der Waals surface area contributed by atoms with E-state index in [1.54, 1.807) is 12.4 Å². The molecule has 1 spiro atoms. The second kappa shape index (κ2) is 7.19. The van der Waals surface area contributed by atoms with Crippen molar-refractivity contribution < 1.29 is 4.74 Å². The van der Waals surface area contributed by atoms with Gasteiger partial charge in [0.1, 0.15) is 16.0 Å². The third kappa shape index (κ3) is 3.34. The first-order valence-corrected chi connectivity index (χ1v) is 9.76. The molecule has 0 saturated carbocycles. The standard InChI is InChI=1S/C17H21ClN6OS/c18-14-11(2-1-5-21-14)26-16-15(20)23-13(8-22-16)24-6-3-17(4-7-24)10-25-9-12(17)19/h1-2,5,8,12H,3-4,6-7,9-10,19H2,(H2,20,23). The highest BCUT2D eigenvalue weighted by Crippen LogP contribution is 2.40. The molecule has 2 aliphatic rings. The van der Waals surface area contributed by atoms with Crippen molar-refractivity contribution in [1.29, 1.82) is 0 Å². The van der Waals surface area contributed by atoms with Gasteiger partial charge in [0.05, 0.1) is 24.3 Å². The molecule has 26 heavy (non-hydrogen) atoms. The topological polar surface area (TPSA) is 103 Å². The van der Waals surface area contributed by atoms with Gasteiger partial charge in [-0.2, -0.15) is 0 Å². The molecule has 2 aromatic heterocycles. The van der Waals surface area contributed by atoms with E-state index in [1.165, 1.54) is 11.8 Å². The SMILES string of the molecule is Nc1nc(N2CCC3(CC2)COCC3N)cnc1Sc1cccnc1Cl. The van der Waals surface area contributed by atoms with Gasteiger partial charge in [-0.05, 0) is 25.0 Å². The number of piperidine rings is 1. The van der Waals surface area contributed by atoms with E-state index in [4.69, 9.17) is 27.8 Å². The summed E-state index contributed by atoms with van der Waals surface area (Å²) in [6.45, 7) is 3.19. The van der Waals surface area contributed by atoms with E-state index < -0.39 is 0 Å². The van der Waals surface area contributed by atoms with Crippen LogP contribution >= 0.6 is 23.4 Å². The molecule has 4 heterocycles. The van der Waals surface area contributed by atoms with E-state index in [1.807, 2.05) is 12.1 Å². The monoisotopic (exact) mass is 392 g/mol. The van der Waals surface area contributed by atoms with Gasteiger partial charge < -0.3 is 21.1 Å². The summed E-state index contributed by atoms with van der Waals surface area (Å²) in [5.74, 6) is 1.19. The van der Waals surface area contributed by atoms with Gasteiger partial charge in [0, 0.05) is 30.7 Å². The predicted octanol–water partition coefficient (Wildman–Crippen LogP) is 2.20. The van der Waals surface area contributed by atoms with Crippen LogP contribution in [-0.4, -0.2) is 47.3 Å². The van der Waals surface area contributed by atoms with E-state index in [9.17, 15) is 0 Å². The molecule has 2 aromatic rings. The van der Waals surface area contributed by atoms with Gasteiger partial charge in [-0.25, -0.2) is 15.0 Å². The molecule has 1 unspecified atom stereocenters. The van der Waals surface area contributed by atoms with Crippen molar-refractivity contribution in [2.75, 3.05) is 36.9 Å². The van der Waals surface area contributed by atoms with Crippen LogP contribution in [0.3, 0.4) is 0 Å². The lowest BCUT2D eigenvalue weighted by molar-refractivity contribution is 0.131. The van der Waals surface area contributed by atoms with E-state index >= 15 is 0 Å². The summed E-state index contributed by atoms with van der Waals surface area (Å²) in [6, 6.07) is 3.84. The molecule has 2 fully saturated rings. The molecule has 0 amide bonds. The van der Waals surface area contributed by atoms with Gasteiger partial charge in [0.15, 0.2) is 5.82 Å². The predicted molar refractivity (Wildman–Crippen MR) is 102 cm³/mol. The number of hydrogen-bond donors (Lipinski definition) is 2. The highest BCUT2D eigenvalue weighted by atomic mass is 35.5. The molecule has 0 aliphatic carbocycles. The number of pyridine rings is 1. The molecule has 9 heteroatoms. The second-order valence-electron chi connectivity index (χ2n) is 6.78. The first-order valence-electron chi connectivity index (χ1n) is 8.57. The molecule has 138 valence electrons. The Morgan fingerprint density at radius 3 is 2.77 bits per heavy atom. The van der Waals surface area contributed by atoms with Crippen molar-refractivity contribution in [3.63, 3.8) is 0 Å². The minimum atomic E-state index is 0.113. The molecule has 1 atom stereocenters. The van der Waals surface area contributed by atoms with Gasteiger partial charge >= 0.3 is 0 Å². The fourth-order valence-corrected chi connectivity index (χ4v) is 4.52. The van der Waals surface area contributed by atoms with Gasteiger partial charge in [-0.15, -0.1) is 0 Å². The number of rotatable bonds is 3. The van der Waals surface area contributed by atoms with Crippen molar-refractivity contribution in [1.82, 2.24) is 15.0 Å². The average molecular weight is 393 g/mol. The Balaban J connectivity index is 1.46. The number of nitrogen functional groups attached to an aromatic ring is 1. The zero-order valence-electron chi connectivity index (χ0n) is 14.3. The van der Waals surface area contributed by atoms with Crippen LogP contribution in [0.25, 0.3) is 0 Å². The zero-order chi connectivity index (χ0) is 18.1. The zero-order valence-corrected chi connectivity index (χ0v) is 15.8. The van der Waals surface area contributed by atoms with Crippen LogP contribution in [0.5, 0.6) is 0 Å². The van der Waals surface area contributed by atoms with Gasteiger partial charge in [0.2, 0.25) is 0 Å². The summed E-state index contributed by atoms with van der Waals surface area (Å²) >= 11 is 7.47. The summed E-state index contributed by atoms with van der Waals surface area (Å²) in [4.78, 5) is 16.1. The molecular formula is C17H21ClN6OS. The molecular weight excluding hydrogens is 372 g/mol. The van der Waals surface area contributed by atoms with Gasteiger partial charge in [0.25, 0.3) is 0 Å². The number of hydrogen-bond acceptors (Lipinski definition) is 8. The summed E-state index contributed by atoms with van der Waals surface area (Å²) in [7, 11) is 0. The number of aromatic nitrogens is 3. The molecule has 4 rings (SSSR count). The normalized spacial score (nSPS) is 22.1. The molecule has 0 bridgehead atoms. The molecule has 4 N–H and O–H groups in total. The summed E-state index contributed by atoms with van der Waals surface area (Å²) in [5, 5.41) is 1.06. The largest absolute Gasteiger partial charge is 0.381 e. The van der Waals surface area contributed by atoms with Crippen molar-refractivity contribution in [3.05, 3.63) is 29.7 Å². The van der Waals surface area contributed by atoms with Crippen LogP contribution in [-0.2, 0) is 4.74 Å². The van der Waals surface area contributed by atoms with E-state index in [0.29, 0.717) is 22.6 Å². The van der Waals surface area contributed by atoms with Crippen LogP contribution in [0.15, 0.2) is 34.4 Å². The smallest absolute Gasteiger partial charge is 0.158 e. The maximum Gasteiger partial charge on any atom is 0.158 e. The summed E-state index contributed by atoms with van der Waals surface area (Å²) in [6.07, 6.45) is 5.41. The third-order valence-electron chi connectivity index (χ3n) is 5.24. The highest BCUT2D eigenvalue weighted by molar-refractivity contribution is 7.99. The van der Waals surface area contributed by atoms with Crippen molar-refractivity contribution in [3.8, 4) is 0 Å². The van der Waals surface area contributed by atoms with Crippen LogP contribution in [0.2, 0.25) is 5.15 Å².